The van der Waals surface area contributed by atoms with Crippen LogP contribution in [-0.4, -0.2) is 21.9 Å². The molecule has 0 fully saturated rings. The number of hydrogen-bond donors (Lipinski definition) is 0. The zero-order chi connectivity index (χ0) is 16.4. The monoisotopic (exact) mass is 311 g/mol. The van der Waals surface area contributed by atoms with Crippen molar-refractivity contribution in [3.05, 3.63) is 65.4 Å². The third-order valence-corrected chi connectivity index (χ3v) is 3.71. The Balaban J connectivity index is 1.82. The summed E-state index contributed by atoms with van der Waals surface area (Å²) in [6.45, 7) is 4.68. The van der Waals surface area contributed by atoms with Gasteiger partial charge in [0, 0.05) is 17.5 Å². The van der Waals surface area contributed by atoms with Crippen LogP contribution in [0.15, 0.2) is 42.6 Å². The standard InChI is InChI=1S/C18H18FN3O/c1-12-8-13(2)22(21-12)11-14-4-6-17(20-10-14)15-5-7-18(23-3)16(19)9-15/h4-10H,11H2,1-3H3. The molecule has 23 heavy (non-hydrogen) atoms. The van der Waals surface area contributed by atoms with E-state index in [1.54, 1.807) is 18.3 Å². The summed E-state index contributed by atoms with van der Waals surface area (Å²) in [5.41, 5.74) is 4.61. The average Bonchev–Trinajstić information content (AvgIpc) is 2.85. The Bertz CT molecular complexity index is 825. The molecule has 0 amide bonds. The maximum absolute atomic E-state index is 13.8. The summed E-state index contributed by atoms with van der Waals surface area (Å²) >= 11 is 0. The number of halogens is 1. The first kappa shape index (κ1) is 15.2. The molecule has 0 saturated carbocycles. The molecule has 0 aliphatic rings. The molecule has 0 aliphatic heterocycles. The van der Waals surface area contributed by atoms with Crippen molar-refractivity contribution >= 4 is 0 Å². The number of benzene rings is 1. The SMILES string of the molecule is COc1ccc(-c2ccc(Cn3nc(C)cc3C)cn2)cc1F. The number of methoxy groups -OCH3 is 1. The van der Waals surface area contributed by atoms with Gasteiger partial charge in [0.1, 0.15) is 0 Å². The quantitative estimate of drug-likeness (QED) is 0.736. The Kier molecular flexibility index (Phi) is 4.10. The Morgan fingerprint density at radius 1 is 1.13 bits per heavy atom. The molecule has 0 radical (unpaired) electrons. The lowest BCUT2D eigenvalue weighted by Gasteiger charge is -2.07. The van der Waals surface area contributed by atoms with Crippen molar-refractivity contribution in [1.82, 2.24) is 14.8 Å². The number of nitrogens with zero attached hydrogens (tertiary/aromatic N) is 3. The summed E-state index contributed by atoms with van der Waals surface area (Å²) < 4.78 is 20.7. The zero-order valence-corrected chi connectivity index (χ0v) is 13.4. The molecule has 0 aliphatic carbocycles. The second-order valence-corrected chi connectivity index (χ2v) is 5.49. The van der Waals surface area contributed by atoms with Gasteiger partial charge in [-0.15, -0.1) is 0 Å². The molecule has 0 bridgehead atoms. The Morgan fingerprint density at radius 3 is 2.52 bits per heavy atom. The topological polar surface area (TPSA) is 39.9 Å². The van der Waals surface area contributed by atoms with Crippen LogP contribution in [0, 0.1) is 19.7 Å². The van der Waals surface area contributed by atoms with Crippen molar-refractivity contribution in [3.63, 3.8) is 0 Å². The van der Waals surface area contributed by atoms with Crippen LogP contribution in [0.25, 0.3) is 11.3 Å². The molecule has 1 aromatic carbocycles. The van der Waals surface area contributed by atoms with Crippen molar-refractivity contribution in [1.29, 1.82) is 0 Å². The molecule has 0 atom stereocenters. The minimum atomic E-state index is -0.390. The van der Waals surface area contributed by atoms with Gasteiger partial charge in [-0.1, -0.05) is 6.07 Å². The molecule has 5 heteroatoms. The molecule has 3 rings (SSSR count). The average molecular weight is 311 g/mol. The third-order valence-electron chi connectivity index (χ3n) is 3.71. The number of rotatable bonds is 4. The van der Waals surface area contributed by atoms with Crippen molar-refractivity contribution in [2.24, 2.45) is 0 Å². The first-order valence-electron chi connectivity index (χ1n) is 7.36. The fourth-order valence-electron chi connectivity index (χ4n) is 2.52. The molecule has 0 unspecified atom stereocenters. The number of ether oxygens (including phenoxy) is 1. The van der Waals surface area contributed by atoms with Gasteiger partial charge >= 0.3 is 0 Å². The van der Waals surface area contributed by atoms with Gasteiger partial charge in [-0.25, -0.2) is 4.39 Å². The molecule has 4 nitrogen and oxygen atoms in total. The summed E-state index contributed by atoms with van der Waals surface area (Å²) in [5, 5.41) is 4.44. The predicted molar refractivity (Wildman–Crippen MR) is 87.0 cm³/mol. The molecule has 118 valence electrons. The van der Waals surface area contributed by atoms with E-state index >= 15 is 0 Å². The van der Waals surface area contributed by atoms with Gasteiger partial charge in [0.2, 0.25) is 0 Å². The van der Waals surface area contributed by atoms with E-state index in [0.29, 0.717) is 6.54 Å². The van der Waals surface area contributed by atoms with Crippen LogP contribution < -0.4 is 4.74 Å². The molecule has 2 aromatic heterocycles. The van der Waals surface area contributed by atoms with Gasteiger partial charge < -0.3 is 4.74 Å². The predicted octanol–water partition coefficient (Wildman–Crippen LogP) is 3.76. The Hall–Kier alpha value is -2.69. The van der Waals surface area contributed by atoms with Gasteiger partial charge in [0.15, 0.2) is 11.6 Å². The van der Waals surface area contributed by atoms with Crippen molar-refractivity contribution in [2.75, 3.05) is 7.11 Å². The van der Waals surface area contributed by atoms with Crippen LogP contribution >= 0.6 is 0 Å². The van der Waals surface area contributed by atoms with E-state index in [9.17, 15) is 4.39 Å². The first-order chi connectivity index (χ1) is 11.1. The molecule has 0 saturated heterocycles. The first-order valence-corrected chi connectivity index (χ1v) is 7.36. The smallest absolute Gasteiger partial charge is 0.165 e. The van der Waals surface area contributed by atoms with Gasteiger partial charge in [0.25, 0.3) is 0 Å². The normalized spacial score (nSPS) is 10.8. The fraction of sp³-hybridized carbons (Fsp3) is 0.222. The van der Waals surface area contributed by atoms with E-state index in [-0.39, 0.29) is 5.75 Å². The summed E-state index contributed by atoms with van der Waals surface area (Å²) in [4.78, 5) is 4.43. The van der Waals surface area contributed by atoms with E-state index in [1.165, 1.54) is 13.2 Å². The molecular formula is C18H18FN3O. The molecule has 3 aromatic rings. The summed E-state index contributed by atoms with van der Waals surface area (Å²) in [5.74, 6) is -0.159. The lowest BCUT2D eigenvalue weighted by atomic mass is 10.1. The summed E-state index contributed by atoms with van der Waals surface area (Å²) in [7, 11) is 1.45. The van der Waals surface area contributed by atoms with Crippen LogP contribution in [0.3, 0.4) is 0 Å². The van der Waals surface area contributed by atoms with Crippen molar-refractivity contribution < 1.29 is 9.13 Å². The maximum Gasteiger partial charge on any atom is 0.165 e. The lowest BCUT2D eigenvalue weighted by Crippen LogP contribution is -2.04. The van der Waals surface area contributed by atoms with Crippen LogP contribution in [0.2, 0.25) is 0 Å². The number of aryl methyl sites for hydroxylation is 2. The number of aromatic nitrogens is 3. The second kappa shape index (κ2) is 6.20. The molecule has 2 heterocycles. The maximum atomic E-state index is 13.8. The molecule has 0 N–H and O–H groups in total. The van der Waals surface area contributed by atoms with Gasteiger partial charge in [-0.05, 0) is 49.7 Å². The lowest BCUT2D eigenvalue weighted by molar-refractivity contribution is 0.386. The van der Waals surface area contributed by atoms with Crippen LogP contribution in [-0.2, 0) is 6.54 Å². The van der Waals surface area contributed by atoms with Gasteiger partial charge in [-0.3, -0.25) is 9.67 Å². The highest BCUT2D eigenvalue weighted by Crippen LogP contribution is 2.24. The highest BCUT2D eigenvalue weighted by molar-refractivity contribution is 5.60. The van der Waals surface area contributed by atoms with Gasteiger partial charge in [0.05, 0.1) is 25.0 Å². The Labute approximate surface area is 134 Å². The van der Waals surface area contributed by atoms with E-state index in [0.717, 1.165) is 28.2 Å². The fourth-order valence-corrected chi connectivity index (χ4v) is 2.52. The van der Waals surface area contributed by atoms with Crippen molar-refractivity contribution in [3.8, 4) is 17.0 Å². The third kappa shape index (κ3) is 3.23. The van der Waals surface area contributed by atoms with E-state index in [2.05, 4.69) is 10.1 Å². The largest absolute Gasteiger partial charge is 0.494 e. The highest BCUT2D eigenvalue weighted by Gasteiger charge is 2.07. The second-order valence-electron chi connectivity index (χ2n) is 5.49. The zero-order valence-electron chi connectivity index (χ0n) is 13.4. The highest BCUT2D eigenvalue weighted by atomic mass is 19.1. The van der Waals surface area contributed by atoms with Crippen LogP contribution in [0.1, 0.15) is 17.0 Å². The summed E-state index contributed by atoms with van der Waals surface area (Å²) in [6, 6.07) is 10.8. The molecular weight excluding hydrogens is 293 g/mol. The minimum Gasteiger partial charge on any atom is -0.494 e. The van der Waals surface area contributed by atoms with E-state index < -0.39 is 5.82 Å². The van der Waals surface area contributed by atoms with Gasteiger partial charge in [-0.2, -0.15) is 5.10 Å². The van der Waals surface area contributed by atoms with E-state index in [1.807, 2.05) is 36.7 Å². The summed E-state index contributed by atoms with van der Waals surface area (Å²) in [6.07, 6.45) is 1.80. The number of hydrogen-bond acceptors (Lipinski definition) is 3. The van der Waals surface area contributed by atoms with Crippen LogP contribution in [0.4, 0.5) is 4.39 Å². The van der Waals surface area contributed by atoms with Crippen molar-refractivity contribution in [2.45, 2.75) is 20.4 Å². The molecule has 0 spiro atoms. The minimum absolute atomic E-state index is 0.231. The Morgan fingerprint density at radius 2 is 1.96 bits per heavy atom. The van der Waals surface area contributed by atoms with E-state index in [4.69, 9.17) is 4.74 Å². The van der Waals surface area contributed by atoms with Crippen LogP contribution in [0.5, 0.6) is 5.75 Å². The number of pyridine rings is 1.